The van der Waals surface area contributed by atoms with Crippen molar-refractivity contribution in [3.8, 4) is 5.75 Å². The Morgan fingerprint density at radius 3 is 2.41 bits per heavy atom. The second kappa shape index (κ2) is 12.7. The Kier molecular flexibility index (Phi) is 10.3. The van der Waals surface area contributed by atoms with E-state index in [4.69, 9.17) is 27.9 Å². The molecule has 2 amide bonds. The van der Waals surface area contributed by atoms with Gasteiger partial charge in [0, 0.05) is 13.1 Å². The zero-order valence-electron chi connectivity index (χ0n) is 19.2. The molecular formula is C25H32Cl2N2O3. The third-order valence-electron chi connectivity index (χ3n) is 5.16. The van der Waals surface area contributed by atoms with Crippen molar-refractivity contribution >= 4 is 35.0 Å². The number of carbonyl (C=O) groups is 2. The lowest BCUT2D eigenvalue weighted by molar-refractivity contribution is -0.143. The van der Waals surface area contributed by atoms with Crippen LogP contribution >= 0.6 is 23.2 Å². The summed E-state index contributed by atoms with van der Waals surface area (Å²) in [5.74, 6) is 0.490. The van der Waals surface area contributed by atoms with E-state index in [1.165, 1.54) is 0 Å². The number of hydrogen-bond donors (Lipinski definition) is 1. The second-order valence-corrected chi connectivity index (χ2v) is 8.78. The summed E-state index contributed by atoms with van der Waals surface area (Å²) in [4.78, 5) is 27.7. The molecule has 0 aliphatic rings. The van der Waals surface area contributed by atoms with Gasteiger partial charge in [0.25, 0.3) is 5.91 Å². The Balaban J connectivity index is 2.26. The molecule has 0 heterocycles. The average Bonchev–Trinajstić information content (AvgIpc) is 2.78. The summed E-state index contributed by atoms with van der Waals surface area (Å²) in [5.41, 5.74) is 1.82. The lowest BCUT2D eigenvalue weighted by atomic mass is 10.0. The smallest absolute Gasteiger partial charge is 0.261 e. The molecule has 0 saturated heterocycles. The topological polar surface area (TPSA) is 58.6 Å². The quantitative estimate of drug-likeness (QED) is 0.441. The molecule has 0 unspecified atom stereocenters. The molecule has 5 nitrogen and oxygen atoms in total. The molecule has 1 N–H and O–H groups in total. The molecule has 32 heavy (non-hydrogen) atoms. The molecule has 0 aliphatic heterocycles. The summed E-state index contributed by atoms with van der Waals surface area (Å²) in [6, 6.07) is 12.3. The van der Waals surface area contributed by atoms with E-state index in [-0.39, 0.29) is 30.9 Å². The van der Waals surface area contributed by atoms with Crippen molar-refractivity contribution in [1.29, 1.82) is 0 Å². The molecule has 0 saturated carbocycles. The molecule has 7 heteroatoms. The second-order valence-electron chi connectivity index (χ2n) is 7.97. The molecule has 0 radical (unpaired) electrons. The molecule has 2 rings (SSSR count). The van der Waals surface area contributed by atoms with Crippen LogP contribution in [0.5, 0.6) is 5.75 Å². The van der Waals surface area contributed by atoms with E-state index in [0.717, 1.165) is 17.5 Å². The SMILES string of the molecule is CCCNC(=O)[C@H](CC)N(Cc1ccc(Cl)c(Cl)c1)C(=O)COc1ccccc1C(C)C. The largest absolute Gasteiger partial charge is 0.483 e. The van der Waals surface area contributed by atoms with Gasteiger partial charge in [-0.25, -0.2) is 0 Å². The van der Waals surface area contributed by atoms with Gasteiger partial charge in [-0.1, -0.05) is 75.2 Å². The number of hydrogen-bond acceptors (Lipinski definition) is 3. The zero-order chi connectivity index (χ0) is 23.7. The van der Waals surface area contributed by atoms with Gasteiger partial charge in [0.1, 0.15) is 11.8 Å². The zero-order valence-corrected chi connectivity index (χ0v) is 20.7. The molecule has 0 bridgehead atoms. The van der Waals surface area contributed by atoms with Crippen LogP contribution in [0.4, 0.5) is 0 Å². The van der Waals surface area contributed by atoms with Crippen molar-refractivity contribution in [3.63, 3.8) is 0 Å². The van der Waals surface area contributed by atoms with Crippen LogP contribution in [0.2, 0.25) is 10.0 Å². The molecule has 174 valence electrons. The highest BCUT2D eigenvalue weighted by molar-refractivity contribution is 6.42. The van der Waals surface area contributed by atoms with E-state index >= 15 is 0 Å². The van der Waals surface area contributed by atoms with Crippen LogP contribution in [-0.2, 0) is 16.1 Å². The van der Waals surface area contributed by atoms with E-state index in [9.17, 15) is 9.59 Å². The predicted molar refractivity (Wildman–Crippen MR) is 130 cm³/mol. The average molecular weight is 479 g/mol. The lowest BCUT2D eigenvalue weighted by Crippen LogP contribution is -2.50. The number of nitrogens with one attached hydrogen (secondary N) is 1. The molecule has 0 fully saturated rings. The van der Waals surface area contributed by atoms with E-state index in [1.54, 1.807) is 23.1 Å². The van der Waals surface area contributed by atoms with Gasteiger partial charge in [-0.15, -0.1) is 0 Å². The maximum absolute atomic E-state index is 13.3. The summed E-state index contributed by atoms with van der Waals surface area (Å²) < 4.78 is 5.91. The van der Waals surface area contributed by atoms with E-state index in [1.807, 2.05) is 38.1 Å². The Morgan fingerprint density at radius 1 is 1.06 bits per heavy atom. The van der Waals surface area contributed by atoms with Gasteiger partial charge in [0.05, 0.1) is 10.0 Å². The Bertz CT molecular complexity index is 918. The van der Waals surface area contributed by atoms with Gasteiger partial charge >= 0.3 is 0 Å². The van der Waals surface area contributed by atoms with Crippen molar-refractivity contribution in [2.24, 2.45) is 0 Å². The minimum Gasteiger partial charge on any atom is -0.483 e. The maximum Gasteiger partial charge on any atom is 0.261 e. The summed E-state index contributed by atoms with van der Waals surface area (Å²) in [6.45, 7) is 8.64. The summed E-state index contributed by atoms with van der Waals surface area (Å²) >= 11 is 12.2. The molecule has 0 aliphatic carbocycles. The highest BCUT2D eigenvalue weighted by atomic mass is 35.5. The van der Waals surface area contributed by atoms with Gasteiger partial charge in [0.15, 0.2) is 6.61 Å². The fourth-order valence-electron chi connectivity index (χ4n) is 3.43. The van der Waals surface area contributed by atoms with Gasteiger partial charge in [0.2, 0.25) is 5.91 Å². The first-order valence-electron chi connectivity index (χ1n) is 11.0. The monoisotopic (exact) mass is 478 g/mol. The minimum absolute atomic E-state index is 0.164. The first kappa shape index (κ1) is 26.0. The highest BCUT2D eigenvalue weighted by Crippen LogP contribution is 2.27. The van der Waals surface area contributed by atoms with Crippen molar-refractivity contribution in [3.05, 3.63) is 63.6 Å². The number of benzene rings is 2. The van der Waals surface area contributed by atoms with E-state index in [0.29, 0.717) is 28.8 Å². The molecule has 0 spiro atoms. The molecule has 2 aromatic carbocycles. The van der Waals surface area contributed by atoms with Crippen LogP contribution in [0.15, 0.2) is 42.5 Å². The first-order valence-corrected chi connectivity index (χ1v) is 11.8. The minimum atomic E-state index is -0.618. The fraction of sp³-hybridized carbons (Fsp3) is 0.440. The van der Waals surface area contributed by atoms with Crippen molar-refractivity contribution < 1.29 is 14.3 Å². The van der Waals surface area contributed by atoms with Crippen LogP contribution in [0.25, 0.3) is 0 Å². The standard InChI is InChI=1S/C25H32Cl2N2O3/c1-5-13-28-25(31)22(6-2)29(15-18-11-12-20(26)21(27)14-18)24(30)16-32-23-10-8-7-9-19(23)17(3)4/h7-12,14,17,22H,5-6,13,15-16H2,1-4H3,(H,28,31)/t22-/m0/s1. The third-order valence-corrected chi connectivity index (χ3v) is 5.90. The van der Waals surface area contributed by atoms with Gasteiger partial charge in [-0.05, 0) is 48.1 Å². The van der Waals surface area contributed by atoms with Crippen molar-refractivity contribution in [2.45, 2.75) is 59.0 Å². The Hall–Kier alpha value is -2.24. The molecule has 0 aromatic heterocycles. The van der Waals surface area contributed by atoms with Crippen molar-refractivity contribution in [1.82, 2.24) is 10.2 Å². The highest BCUT2D eigenvalue weighted by Gasteiger charge is 2.29. The molecule has 1 atom stereocenters. The van der Waals surface area contributed by atoms with Gasteiger partial charge < -0.3 is 15.0 Å². The number of para-hydroxylation sites is 1. The number of amides is 2. The molecular weight excluding hydrogens is 447 g/mol. The Morgan fingerprint density at radius 2 is 1.78 bits per heavy atom. The van der Waals surface area contributed by atoms with Crippen LogP contribution in [0, 0.1) is 0 Å². The van der Waals surface area contributed by atoms with E-state index < -0.39 is 6.04 Å². The van der Waals surface area contributed by atoms with E-state index in [2.05, 4.69) is 19.2 Å². The van der Waals surface area contributed by atoms with Crippen LogP contribution in [-0.4, -0.2) is 35.9 Å². The number of ether oxygens (including phenoxy) is 1. The maximum atomic E-state index is 13.3. The summed E-state index contributed by atoms with van der Waals surface area (Å²) in [7, 11) is 0. The van der Waals surface area contributed by atoms with Crippen LogP contribution in [0.3, 0.4) is 0 Å². The summed E-state index contributed by atoms with van der Waals surface area (Å²) in [6.07, 6.45) is 1.29. The van der Waals surface area contributed by atoms with Gasteiger partial charge in [-0.3, -0.25) is 9.59 Å². The predicted octanol–water partition coefficient (Wildman–Crippen LogP) is 5.83. The Labute approximate surface area is 201 Å². The number of nitrogens with zero attached hydrogens (tertiary/aromatic N) is 1. The number of carbonyl (C=O) groups excluding carboxylic acids is 2. The third kappa shape index (κ3) is 7.14. The number of rotatable bonds is 11. The fourth-order valence-corrected chi connectivity index (χ4v) is 3.75. The van der Waals surface area contributed by atoms with Crippen molar-refractivity contribution in [2.75, 3.05) is 13.2 Å². The first-order chi connectivity index (χ1) is 15.3. The summed E-state index contributed by atoms with van der Waals surface area (Å²) in [5, 5.41) is 3.75. The lowest BCUT2D eigenvalue weighted by Gasteiger charge is -2.30. The van der Waals surface area contributed by atoms with Crippen LogP contribution in [0.1, 0.15) is 57.6 Å². The normalized spacial score (nSPS) is 11.8. The molecule has 2 aromatic rings. The number of halogens is 2. The van der Waals surface area contributed by atoms with Crippen LogP contribution < -0.4 is 10.1 Å². The van der Waals surface area contributed by atoms with Gasteiger partial charge in [-0.2, -0.15) is 0 Å².